The largest absolute Gasteiger partial charge is 0.469 e. The van der Waals surface area contributed by atoms with Crippen LogP contribution in [0.5, 0.6) is 0 Å². The molecular formula is C12H20N2OS. The third-order valence-electron chi connectivity index (χ3n) is 2.80. The summed E-state index contributed by atoms with van der Waals surface area (Å²) in [6.45, 7) is 4.40. The lowest BCUT2D eigenvalue weighted by atomic mass is 10.2. The van der Waals surface area contributed by atoms with Crippen LogP contribution >= 0.6 is 11.8 Å². The van der Waals surface area contributed by atoms with E-state index in [1.807, 2.05) is 23.9 Å². The molecule has 0 saturated carbocycles. The van der Waals surface area contributed by atoms with Gasteiger partial charge >= 0.3 is 0 Å². The summed E-state index contributed by atoms with van der Waals surface area (Å²) in [7, 11) is 0. The van der Waals surface area contributed by atoms with E-state index in [1.54, 1.807) is 6.26 Å². The lowest BCUT2D eigenvalue weighted by Gasteiger charge is -2.25. The van der Waals surface area contributed by atoms with Gasteiger partial charge < -0.3 is 15.1 Å². The van der Waals surface area contributed by atoms with Crippen molar-refractivity contribution < 1.29 is 4.42 Å². The van der Waals surface area contributed by atoms with Crippen molar-refractivity contribution in [2.24, 2.45) is 0 Å². The van der Waals surface area contributed by atoms with E-state index in [0.717, 1.165) is 25.3 Å². The highest BCUT2D eigenvalue weighted by molar-refractivity contribution is 7.99. The quantitative estimate of drug-likeness (QED) is 0.818. The average Bonchev–Trinajstić information content (AvgIpc) is 2.81. The molecule has 0 aliphatic carbocycles. The van der Waals surface area contributed by atoms with Crippen LogP contribution in [0, 0.1) is 0 Å². The van der Waals surface area contributed by atoms with Crippen LogP contribution in [-0.4, -0.2) is 36.7 Å². The Balaban J connectivity index is 1.65. The van der Waals surface area contributed by atoms with E-state index in [-0.39, 0.29) is 0 Å². The van der Waals surface area contributed by atoms with Crippen molar-refractivity contribution in [1.82, 2.24) is 10.6 Å². The molecule has 4 heteroatoms. The molecule has 0 radical (unpaired) electrons. The van der Waals surface area contributed by atoms with Crippen molar-refractivity contribution in [3.8, 4) is 0 Å². The molecule has 2 atom stereocenters. The van der Waals surface area contributed by atoms with Crippen LogP contribution in [0.25, 0.3) is 0 Å². The number of hydrogen-bond acceptors (Lipinski definition) is 4. The Morgan fingerprint density at radius 2 is 2.62 bits per heavy atom. The molecule has 0 amide bonds. The minimum Gasteiger partial charge on any atom is -0.469 e. The summed E-state index contributed by atoms with van der Waals surface area (Å²) in [4.78, 5) is 0. The normalized spacial score (nSPS) is 23.2. The Morgan fingerprint density at radius 1 is 1.69 bits per heavy atom. The van der Waals surface area contributed by atoms with E-state index in [4.69, 9.17) is 4.42 Å². The SMILES string of the molecule is CC(Cc1ccco1)NCC1CSCCN1. The molecule has 2 rings (SSSR count). The van der Waals surface area contributed by atoms with Gasteiger partial charge in [-0.3, -0.25) is 0 Å². The van der Waals surface area contributed by atoms with Crippen LogP contribution in [-0.2, 0) is 6.42 Å². The molecule has 1 aliphatic heterocycles. The second kappa shape index (κ2) is 6.33. The maximum absolute atomic E-state index is 5.34. The first-order valence-corrected chi connectivity index (χ1v) is 7.07. The Bertz CT molecular complexity index is 283. The lowest BCUT2D eigenvalue weighted by molar-refractivity contribution is 0.431. The second-order valence-electron chi connectivity index (χ2n) is 4.32. The van der Waals surface area contributed by atoms with Gasteiger partial charge in [-0.1, -0.05) is 0 Å². The maximum atomic E-state index is 5.34. The molecule has 1 saturated heterocycles. The number of rotatable bonds is 5. The van der Waals surface area contributed by atoms with Crippen molar-refractivity contribution in [3.63, 3.8) is 0 Å². The molecule has 0 bridgehead atoms. The third-order valence-corrected chi connectivity index (χ3v) is 3.93. The van der Waals surface area contributed by atoms with Gasteiger partial charge in [0.1, 0.15) is 5.76 Å². The zero-order valence-corrected chi connectivity index (χ0v) is 10.6. The van der Waals surface area contributed by atoms with Gasteiger partial charge in [0.15, 0.2) is 0 Å². The standard InChI is InChI=1S/C12H20N2OS/c1-10(7-12-3-2-5-15-12)14-8-11-9-16-6-4-13-11/h2-3,5,10-11,13-14H,4,6-9H2,1H3. The van der Waals surface area contributed by atoms with Crippen molar-refractivity contribution in [1.29, 1.82) is 0 Å². The maximum Gasteiger partial charge on any atom is 0.105 e. The van der Waals surface area contributed by atoms with Crippen LogP contribution in [0.2, 0.25) is 0 Å². The first-order chi connectivity index (χ1) is 7.84. The molecule has 3 nitrogen and oxygen atoms in total. The molecule has 1 fully saturated rings. The van der Waals surface area contributed by atoms with Gasteiger partial charge in [0.05, 0.1) is 6.26 Å². The van der Waals surface area contributed by atoms with Crippen LogP contribution in [0.15, 0.2) is 22.8 Å². The van der Waals surface area contributed by atoms with Gasteiger partial charge in [0.25, 0.3) is 0 Å². The van der Waals surface area contributed by atoms with Gasteiger partial charge in [-0.05, 0) is 19.1 Å². The molecule has 1 aromatic rings. The van der Waals surface area contributed by atoms with Crippen molar-refractivity contribution in [2.75, 3.05) is 24.6 Å². The van der Waals surface area contributed by atoms with Crippen LogP contribution < -0.4 is 10.6 Å². The zero-order valence-electron chi connectivity index (χ0n) is 9.74. The molecule has 2 N–H and O–H groups in total. The predicted octanol–water partition coefficient (Wildman–Crippen LogP) is 1.51. The number of thioether (sulfide) groups is 1. The number of hydrogen-bond donors (Lipinski definition) is 2. The Morgan fingerprint density at radius 3 is 3.31 bits per heavy atom. The fourth-order valence-electron chi connectivity index (χ4n) is 1.90. The van der Waals surface area contributed by atoms with Gasteiger partial charge in [0, 0.05) is 43.1 Å². The summed E-state index contributed by atoms with van der Waals surface area (Å²) in [5.74, 6) is 3.53. The van der Waals surface area contributed by atoms with E-state index in [1.165, 1.54) is 11.5 Å². The minimum atomic E-state index is 0.472. The molecule has 0 spiro atoms. The Hall–Kier alpha value is -0.450. The topological polar surface area (TPSA) is 37.2 Å². The zero-order chi connectivity index (χ0) is 11.2. The highest BCUT2D eigenvalue weighted by Crippen LogP contribution is 2.08. The van der Waals surface area contributed by atoms with Gasteiger partial charge in [-0.15, -0.1) is 0 Å². The van der Waals surface area contributed by atoms with E-state index >= 15 is 0 Å². The summed E-state index contributed by atoms with van der Waals surface area (Å²) < 4.78 is 5.34. The van der Waals surface area contributed by atoms with Crippen LogP contribution in [0.4, 0.5) is 0 Å². The van der Waals surface area contributed by atoms with Gasteiger partial charge in [-0.25, -0.2) is 0 Å². The summed E-state index contributed by atoms with van der Waals surface area (Å²) in [5, 5.41) is 7.08. The van der Waals surface area contributed by atoms with E-state index in [0.29, 0.717) is 12.1 Å². The van der Waals surface area contributed by atoms with E-state index < -0.39 is 0 Å². The molecule has 1 aromatic heterocycles. The molecule has 0 aromatic carbocycles. The Kier molecular flexibility index (Phi) is 4.75. The van der Waals surface area contributed by atoms with E-state index in [9.17, 15) is 0 Å². The molecule has 16 heavy (non-hydrogen) atoms. The summed E-state index contributed by atoms with van der Waals surface area (Å²) >= 11 is 2.04. The second-order valence-corrected chi connectivity index (χ2v) is 5.47. The minimum absolute atomic E-state index is 0.472. The fraction of sp³-hybridized carbons (Fsp3) is 0.667. The fourth-order valence-corrected chi connectivity index (χ4v) is 2.85. The highest BCUT2D eigenvalue weighted by Gasteiger charge is 2.13. The monoisotopic (exact) mass is 240 g/mol. The molecular weight excluding hydrogens is 220 g/mol. The van der Waals surface area contributed by atoms with Crippen LogP contribution in [0.3, 0.4) is 0 Å². The molecule has 1 aliphatic rings. The van der Waals surface area contributed by atoms with Crippen LogP contribution in [0.1, 0.15) is 12.7 Å². The smallest absolute Gasteiger partial charge is 0.105 e. The van der Waals surface area contributed by atoms with Crippen molar-refractivity contribution in [2.45, 2.75) is 25.4 Å². The first kappa shape index (κ1) is 12.0. The third kappa shape index (κ3) is 3.85. The first-order valence-electron chi connectivity index (χ1n) is 5.91. The lowest BCUT2D eigenvalue weighted by Crippen LogP contribution is -2.46. The molecule has 2 unspecified atom stereocenters. The number of nitrogens with one attached hydrogen (secondary N) is 2. The van der Waals surface area contributed by atoms with Gasteiger partial charge in [0.2, 0.25) is 0 Å². The average molecular weight is 240 g/mol. The van der Waals surface area contributed by atoms with Gasteiger partial charge in [-0.2, -0.15) is 11.8 Å². The van der Waals surface area contributed by atoms with E-state index in [2.05, 4.69) is 17.6 Å². The summed E-state index contributed by atoms with van der Waals surface area (Å²) in [5.41, 5.74) is 0. The molecule has 90 valence electrons. The number of furan rings is 1. The summed E-state index contributed by atoms with van der Waals surface area (Å²) in [6, 6.07) is 5.08. The summed E-state index contributed by atoms with van der Waals surface area (Å²) in [6.07, 6.45) is 2.70. The highest BCUT2D eigenvalue weighted by atomic mass is 32.2. The molecule has 2 heterocycles. The van der Waals surface area contributed by atoms with Crippen molar-refractivity contribution in [3.05, 3.63) is 24.2 Å². The predicted molar refractivity (Wildman–Crippen MR) is 69.0 cm³/mol. The van der Waals surface area contributed by atoms with Crippen molar-refractivity contribution >= 4 is 11.8 Å². The Labute approximate surface area is 101 Å².